The summed E-state index contributed by atoms with van der Waals surface area (Å²) in [5.41, 5.74) is -2.58. The first-order chi connectivity index (χ1) is 7.86. The fraction of sp³-hybridized carbons (Fsp3) is 0.545. The van der Waals surface area contributed by atoms with Crippen LogP contribution in [-0.4, -0.2) is 34.8 Å². The molecule has 6 heteroatoms. The van der Waals surface area contributed by atoms with Crippen molar-refractivity contribution < 1.29 is 24.6 Å². The van der Waals surface area contributed by atoms with Crippen molar-refractivity contribution in [3.63, 3.8) is 0 Å². The van der Waals surface area contributed by atoms with Gasteiger partial charge in [0.25, 0.3) is 0 Å². The predicted molar refractivity (Wildman–Crippen MR) is 57.2 cm³/mol. The molecule has 1 aliphatic rings. The molecule has 0 amide bonds. The lowest BCUT2D eigenvalue weighted by atomic mass is 9.66. The van der Waals surface area contributed by atoms with Gasteiger partial charge in [0.05, 0.1) is 17.4 Å². The fourth-order valence-electron chi connectivity index (χ4n) is 2.06. The maximum atomic E-state index is 11.3. The minimum Gasteiger partial charge on any atom is -0.481 e. The molecule has 2 N–H and O–H groups in total. The number of hydrogen-bond acceptors (Lipinski definition) is 4. The molecule has 0 heterocycles. The van der Waals surface area contributed by atoms with Gasteiger partial charge < -0.3 is 10.2 Å². The molecule has 0 spiro atoms. The lowest BCUT2D eigenvalue weighted by Gasteiger charge is -2.36. The van der Waals surface area contributed by atoms with Crippen LogP contribution in [0.2, 0.25) is 0 Å². The van der Waals surface area contributed by atoms with Crippen LogP contribution < -0.4 is 0 Å². The number of carbonyl (C=O) groups excluding carboxylic acids is 1. The van der Waals surface area contributed by atoms with E-state index in [2.05, 4.69) is 4.99 Å². The highest BCUT2D eigenvalue weighted by molar-refractivity contribution is 5.81. The van der Waals surface area contributed by atoms with Crippen molar-refractivity contribution in [1.29, 1.82) is 0 Å². The first-order valence-electron chi connectivity index (χ1n) is 5.04. The van der Waals surface area contributed by atoms with Crippen molar-refractivity contribution in [1.82, 2.24) is 0 Å². The van der Waals surface area contributed by atoms with Gasteiger partial charge in [-0.3, -0.25) is 9.59 Å². The van der Waals surface area contributed by atoms with E-state index in [0.717, 1.165) is 0 Å². The van der Waals surface area contributed by atoms with Crippen molar-refractivity contribution in [2.24, 2.45) is 15.8 Å². The fourth-order valence-corrected chi connectivity index (χ4v) is 2.06. The summed E-state index contributed by atoms with van der Waals surface area (Å²) in [6, 6.07) is 0. The number of allylic oxidation sites excluding steroid dienone is 1. The third-order valence-electron chi connectivity index (χ3n) is 3.09. The van der Waals surface area contributed by atoms with Crippen LogP contribution in [0.5, 0.6) is 0 Å². The highest BCUT2D eigenvalue weighted by atomic mass is 16.4. The highest BCUT2D eigenvalue weighted by Gasteiger charge is 2.48. The van der Waals surface area contributed by atoms with E-state index in [1.165, 1.54) is 25.2 Å². The molecule has 6 nitrogen and oxygen atoms in total. The number of carboxylic acid groups (broad SMARTS) is 2. The summed E-state index contributed by atoms with van der Waals surface area (Å²) in [7, 11) is 0. The normalized spacial score (nSPS) is 31.6. The molecule has 0 aromatic rings. The Labute approximate surface area is 97.7 Å². The third kappa shape index (κ3) is 2.42. The maximum absolute atomic E-state index is 11.3. The molecule has 92 valence electrons. The molecule has 0 radical (unpaired) electrons. The lowest BCUT2D eigenvalue weighted by molar-refractivity contribution is -0.155. The number of aliphatic carboxylic acids is 2. The quantitative estimate of drug-likeness (QED) is 0.429. The molecule has 17 heavy (non-hydrogen) atoms. The number of aliphatic imine (C=N–C) groups is 1. The predicted octanol–water partition coefficient (Wildman–Crippen LogP) is 0.834. The van der Waals surface area contributed by atoms with Gasteiger partial charge >= 0.3 is 11.9 Å². The molecular weight excluding hydrogens is 226 g/mol. The number of carbonyl (C=O) groups is 2. The smallest absolute Gasteiger partial charge is 0.313 e. The molecule has 1 aliphatic carbocycles. The molecular formula is C11H13NO5. The number of hydrogen-bond donors (Lipinski definition) is 2. The van der Waals surface area contributed by atoms with Crippen LogP contribution in [0.3, 0.4) is 0 Å². The second-order valence-corrected chi connectivity index (χ2v) is 4.50. The molecule has 0 aliphatic heterocycles. The molecule has 0 saturated carbocycles. The van der Waals surface area contributed by atoms with E-state index in [0.29, 0.717) is 0 Å². The average molecular weight is 239 g/mol. The zero-order valence-electron chi connectivity index (χ0n) is 9.34. The summed E-state index contributed by atoms with van der Waals surface area (Å²) < 4.78 is 0. The molecule has 0 fully saturated rings. The second kappa shape index (κ2) is 4.51. The van der Waals surface area contributed by atoms with Gasteiger partial charge in [-0.05, 0) is 19.8 Å². The number of carboxylic acids is 2. The summed E-state index contributed by atoms with van der Waals surface area (Å²) in [5, 5.41) is 18.3. The Morgan fingerprint density at radius 2 is 2.06 bits per heavy atom. The van der Waals surface area contributed by atoms with E-state index in [9.17, 15) is 19.5 Å². The van der Waals surface area contributed by atoms with E-state index in [-0.39, 0.29) is 19.4 Å². The number of isocyanates is 1. The van der Waals surface area contributed by atoms with Gasteiger partial charge in [-0.25, -0.2) is 9.79 Å². The topological polar surface area (TPSA) is 104 Å². The van der Waals surface area contributed by atoms with Gasteiger partial charge in [-0.15, -0.1) is 0 Å². The van der Waals surface area contributed by atoms with Crippen LogP contribution >= 0.6 is 0 Å². The van der Waals surface area contributed by atoms with E-state index in [1.807, 2.05) is 0 Å². The van der Waals surface area contributed by atoms with Crippen LogP contribution in [-0.2, 0) is 14.4 Å². The van der Waals surface area contributed by atoms with Crippen molar-refractivity contribution in [2.75, 3.05) is 6.54 Å². The number of rotatable bonds is 4. The van der Waals surface area contributed by atoms with Crippen LogP contribution in [0.1, 0.15) is 19.8 Å². The minimum absolute atomic E-state index is 0.0909. The average Bonchev–Trinajstić information content (AvgIpc) is 2.26. The van der Waals surface area contributed by atoms with E-state index < -0.39 is 22.8 Å². The minimum atomic E-state index is -1.33. The van der Waals surface area contributed by atoms with Crippen molar-refractivity contribution in [3.8, 4) is 0 Å². The standard InChI is InChI=1S/C11H13NO5/c1-10(8(14)15)3-2-4-11(5-10,9(16)17)6-12-7-13/h2-3H,4-6H2,1H3,(H,14,15)(H,16,17). The SMILES string of the molecule is CC1(C(=O)O)C=CCC(CN=C=O)(C(=O)O)C1. The molecule has 2 atom stereocenters. The zero-order valence-corrected chi connectivity index (χ0v) is 9.34. The molecule has 1 rings (SSSR count). The summed E-state index contributed by atoms with van der Waals surface area (Å²) in [6.45, 7) is 1.20. The van der Waals surface area contributed by atoms with E-state index in [4.69, 9.17) is 5.11 Å². The molecule has 0 aromatic carbocycles. The zero-order chi connectivity index (χ0) is 13.1. The summed E-state index contributed by atoms with van der Waals surface area (Å²) in [6.07, 6.45) is 4.37. The van der Waals surface area contributed by atoms with Gasteiger partial charge in [0.2, 0.25) is 6.08 Å². The van der Waals surface area contributed by atoms with Gasteiger partial charge in [0.1, 0.15) is 0 Å². The van der Waals surface area contributed by atoms with Crippen LogP contribution in [0.25, 0.3) is 0 Å². The first kappa shape index (κ1) is 13.1. The Kier molecular flexibility index (Phi) is 3.48. The molecule has 0 aromatic heterocycles. The summed E-state index contributed by atoms with van der Waals surface area (Å²) in [5.74, 6) is -2.23. The van der Waals surface area contributed by atoms with Crippen molar-refractivity contribution in [3.05, 3.63) is 12.2 Å². The highest BCUT2D eigenvalue weighted by Crippen LogP contribution is 2.43. The van der Waals surface area contributed by atoms with Crippen molar-refractivity contribution in [2.45, 2.75) is 19.8 Å². The van der Waals surface area contributed by atoms with Gasteiger partial charge in [0.15, 0.2) is 0 Å². The Hall–Kier alpha value is -1.94. The first-order valence-corrected chi connectivity index (χ1v) is 5.04. The van der Waals surface area contributed by atoms with Gasteiger partial charge in [-0.1, -0.05) is 12.2 Å². The van der Waals surface area contributed by atoms with Crippen LogP contribution in [0.4, 0.5) is 0 Å². The van der Waals surface area contributed by atoms with Crippen LogP contribution in [0, 0.1) is 10.8 Å². The Morgan fingerprint density at radius 3 is 2.53 bits per heavy atom. The van der Waals surface area contributed by atoms with E-state index in [1.54, 1.807) is 0 Å². The van der Waals surface area contributed by atoms with Crippen molar-refractivity contribution >= 4 is 18.0 Å². The molecule has 0 bridgehead atoms. The Morgan fingerprint density at radius 1 is 1.41 bits per heavy atom. The van der Waals surface area contributed by atoms with E-state index >= 15 is 0 Å². The molecule has 0 saturated heterocycles. The number of nitrogens with zero attached hydrogens (tertiary/aromatic N) is 1. The Balaban J connectivity index is 3.11. The molecule has 2 unspecified atom stereocenters. The summed E-state index contributed by atoms with van der Waals surface area (Å²) >= 11 is 0. The second-order valence-electron chi connectivity index (χ2n) is 4.50. The maximum Gasteiger partial charge on any atom is 0.313 e. The van der Waals surface area contributed by atoms with Gasteiger partial charge in [-0.2, -0.15) is 0 Å². The largest absolute Gasteiger partial charge is 0.481 e. The monoisotopic (exact) mass is 239 g/mol. The Bertz CT molecular complexity index is 424. The third-order valence-corrected chi connectivity index (χ3v) is 3.09. The van der Waals surface area contributed by atoms with Gasteiger partial charge in [0, 0.05) is 0 Å². The lowest BCUT2D eigenvalue weighted by Crippen LogP contribution is -2.43. The van der Waals surface area contributed by atoms with Crippen LogP contribution in [0.15, 0.2) is 17.1 Å². The summed E-state index contributed by atoms with van der Waals surface area (Å²) in [4.78, 5) is 35.8.